The van der Waals surface area contributed by atoms with Crippen LogP contribution in [0, 0.1) is 0 Å². The van der Waals surface area contributed by atoms with Crippen molar-refractivity contribution >= 4 is 42.4 Å². The van der Waals surface area contributed by atoms with Gasteiger partial charge in [0.2, 0.25) is 0 Å². The summed E-state index contributed by atoms with van der Waals surface area (Å²) in [4.78, 5) is 3.98. The standard InChI is InChI=1S/C38H27NS/c1-3-15-30-27(12-1)28-13-2-4-16-31(28)37-35(30)33-20-8-17-25(36(33)39-37)23-10-7-11-24(22-23)26-18-9-19-32-29-14-5-6-21-34(29)40-38(26)32/h1,3-12,14-22,28,31,39H,2,13H2. The van der Waals surface area contributed by atoms with E-state index in [9.17, 15) is 0 Å². The van der Waals surface area contributed by atoms with E-state index in [1.165, 1.54) is 82.1 Å². The van der Waals surface area contributed by atoms with Crippen LogP contribution in [0.1, 0.15) is 35.9 Å². The molecule has 0 aliphatic heterocycles. The highest BCUT2D eigenvalue weighted by Crippen LogP contribution is 2.53. The molecule has 0 amide bonds. The van der Waals surface area contributed by atoms with E-state index in [-0.39, 0.29) is 0 Å². The Kier molecular flexibility index (Phi) is 4.79. The van der Waals surface area contributed by atoms with Crippen LogP contribution in [-0.4, -0.2) is 4.98 Å². The Morgan fingerprint density at radius 3 is 2.33 bits per heavy atom. The van der Waals surface area contributed by atoms with Crippen molar-refractivity contribution in [2.45, 2.75) is 24.7 Å². The molecule has 9 rings (SSSR count). The van der Waals surface area contributed by atoms with E-state index in [0.29, 0.717) is 11.8 Å². The Morgan fingerprint density at radius 1 is 0.650 bits per heavy atom. The Hall–Kier alpha value is -4.40. The highest BCUT2D eigenvalue weighted by Gasteiger charge is 2.35. The zero-order chi connectivity index (χ0) is 26.2. The highest BCUT2D eigenvalue weighted by atomic mass is 32.1. The summed E-state index contributed by atoms with van der Waals surface area (Å²) in [5.74, 6) is 0.964. The van der Waals surface area contributed by atoms with Crippen molar-refractivity contribution < 1.29 is 0 Å². The summed E-state index contributed by atoms with van der Waals surface area (Å²) in [6.45, 7) is 0. The third-order valence-electron chi connectivity index (χ3n) is 9.14. The van der Waals surface area contributed by atoms with Crippen LogP contribution in [-0.2, 0) is 0 Å². The molecule has 2 atom stereocenters. The van der Waals surface area contributed by atoms with Gasteiger partial charge in [0.25, 0.3) is 0 Å². The predicted molar refractivity (Wildman–Crippen MR) is 171 cm³/mol. The van der Waals surface area contributed by atoms with E-state index in [4.69, 9.17) is 0 Å². The molecule has 2 unspecified atom stereocenters. The Morgan fingerprint density at radius 2 is 1.38 bits per heavy atom. The van der Waals surface area contributed by atoms with E-state index < -0.39 is 0 Å². The summed E-state index contributed by atoms with van der Waals surface area (Å²) in [6, 6.07) is 40.5. The number of benzene rings is 5. The van der Waals surface area contributed by atoms with Crippen molar-refractivity contribution in [3.05, 3.63) is 133 Å². The minimum Gasteiger partial charge on any atom is -0.357 e. The van der Waals surface area contributed by atoms with Crippen molar-refractivity contribution in [1.29, 1.82) is 0 Å². The minimum atomic E-state index is 0.413. The van der Waals surface area contributed by atoms with E-state index >= 15 is 0 Å². The lowest BCUT2D eigenvalue weighted by molar-refractivity contribution is 0.541. The van der Waals surface area contributed by atoms with Crippen LogP contribution in [0.3, 0.4) is 0 Å². The number of hydrogen-bond acceptors (Lipinski definition) is 1. The second kappa shape index (κ2) is 8.55. The molecule has 0 saturated heterocycles. The first-order valence-electron chi connectivity index (χ1n) is 14.3. The van der Waals surface area contributed by atoms with Gasteiger partial charge in [0.15, 0.2) is 0 Å². The summed E-state index contributed by atoms with van der Waals surface area (Å²) >= 11 is 1.90. The molecule has 0 saturated carbocycles. The zero-order valence-electron chi connectivity index (χ0n) is 22.0. The number of fused-ring (bicyclic) bond motifs is 11. The topological polar surface area (TPSA) is 15.8 Å². The largest absolute Gasteiger partial charge is 0.357 e. The fraction of sp³-hybridized carbons (Fsp3) is 0.105. The van der Waals surface area contributed by atoms with Gasteiger partial charge in [-0.25, -0.2) is 0 Å². The fourth-order valence-electron chi connectivity index (χ4n) is 7.37. The van der Waals surface area contributed by atoms with Crippen LogP contribution in [0.15, 0.2) is 121 Å². The summed E-state index contributed by atoms with van der Waals surface area (Å²) in [5.41, 5.74) is 12.0. The summed E-state index contributed by atoms with van der Waals surface area (Å²) in [7, 11) is 0. The number of para-hydroxylation sites is 1. The number of thiophene rings is 1. The third kappa shape index (κ3) is 3.14. The number of hydrogen-bond donors (Lipinski definition) is 1. The molecule has 0 spiro atoms. The van der Waals surface area contributed by atoms with Gasteiger partial charge in [-0.05, 0) is 58.7 Å². The number of aromatic amines is 1. The van der Waals surface area contributed by atoms with Crippen molar-refractivity contribution in [2.75, 3.05) is 0 Å². The average molecular weight is 530 g/mol. The van der Waals surface area contributed by atoms with Crippen molar-refractivity contribution in [1.82, 2.24) is 4.98 Å². The summed E-state index contributed by atoms with van der Waals surface area (Å²) < 4.78 is 2.71. The number of aromatic nitrogens is 1. The SMILES string of the molecule is C1=CC2c3[nH]c4c(-c5cccc(-c6cccc7c6sc6ccccc67)c5)cccc4c3-c3ccccc3C2CC1. The lowest BCUT2D eigenvalue weighted by Crippen LogP contribution is -2.18. The molecule has 2 heteroatoms. The first kappa shape index (κ1) is 22.4. The second-order valence-electron chi connectivity index (χ2n) is 11.2. The highest BCUT2D eigenvalue weighted by molar-refractivity contribution is 7.26. The lowest BCUT2D eigenvalue weighted by Gasteiger charge is -2.34. The molecule has 40 heavy (non-hydrogen) atoms. The van der Waals surface area contributed by atoms with Gasteiger partial charge >= 0.3 is 0 Å². The van der Waals surface area contributed by atoms with Crippen LogP contribution in [0.25, 0.3) is 64.5 Å². The van der Waals surface area contributed by atoms with Gasteiger partial charge in [-0.15, -0.1) is 11.3 Å². The van der Waals surface area contributed by atoms with Gasteiger partial charge in [0, 0.05) is 48.3 Å². The van der Waals surface area contributed by atoms with Gasteiger partial charge in [-0.2, -0.15) is 0 Å². The maximum absolute atomic E-state index is 3.98. The predicted octanol–water partition coefficient (Wildman–Crippen LogP) is 11.1. The average Bonchev–Trinajstić information content (AvgIpc) is 3.61. The zero-order valence-corrected chi connectivity index (χ0v) is 22.8. The number of H-pyrrole nitrogens is 1. The monoisotopic (exact) mass is 529 g/mol. The van der Waals surface area contributed by atoms with Gasteiger partial charge in [-0.3, -0.25) is 0 Å². The quantitative estimate of drug-likeness (QED) is 0.214. The van der Waals surface area contributed by atoms with Gasteiger partial charge in [-0.1, -0.05) is 109 Å². The minimum absolute atomic E-state index is 0.413. The molecule has 1 nitrogen and oxygen atoms in total. The molecule has 2 aliphatic carbocycles. The van der Waals surface area contributed by atoms with Gasteiger partial charge in [0.1, 0.15) is 0 Å². The number of nitrogens with one attached hydrogen (secondary N) is 1. The summed E-state index contributed by atoms with van der Waals surface area (Å²) in [5, 5.41) is 4.02. The van der Waals surface area contributed by atoms with E-state index in [2.05, 4.69) is 126 Å². The van der Waals surface area contributed by atoms with Crippen molar-refractivity contribution in [2.24, 2.45) is 0 Å². The van der Waals surface area contributed by atoms with Crippen LogP contribution in [0.4, 0.5) is 0 Å². The third-order valence-corrected chi connectivity index (χ3v) is 10.4. The van der Waals surface area contributed by atoms with Gasteiger partial charge in [0.05, 0.1) is 5.52 Å². The molecule has 1 N–H and O–H groups in total. The van der Waals surface area contributed by atoms with Crippen LogP contribution >= 0.6 is 11.3 Å². The molecular formula is C38H27NS. The van der Waals surface area contributed by atoms with Gasteiger partial charge < -0.3 is 4.98 Å². The first-order valence-corrected chi connectivity index (χ1v) is 15.1. The molecule has 0 radical (unpaired) electrons. The number of allylic oxidation sites excluding steroid dienone is 2. The van der Waals surface area contributed by atoms with Crippen molar-refractivity contribution in [3.8, 4) is 33.4 Å². The lowest BCUT2D eigenvalue weighted by atomic mass is 9.70. The van der Waals surface area contributed by atoms with Crippen LogP contribution in [0.2, 0.25) is 0 Å². The smallest absolute Gasteiger partial charge is 0.0542 e. The molecule has 2 heterocycles. The summed E-state index contributed by atoms with van der Waals surface area (Å²) in [6.07, 6.45) is 7.20. The molecule has 2 aromatic heterocycles. The van der Waals surface area contributed by atoms with Crippen molar-refractivity contribution in [3.63, 3.8) is 0 Å². The second-order valence-corrected chi connectivity index (χ2v) is 12.3. The van der Waals surface area contributed by atoms with E-state index in [0.717, 1.165) is 6.42 Å². The number of rotatable bonds is 2. The molecule has 2 aliphatic rings. The van der Waals surface area contributed by atoms with Crippen LogP contribution < -0.4 is 0 Å². The maximum atomic E-state index is 3.98. The normalized spacial score (nSPS) is 17.7. The molecule has 0 fully saturated rings. The van der Waals surface area contributed by atoms with Crippen LogP contribution in [0.5, 0.6) is 0 Å². The molecule has 5 aromatic carbocycles. The Bertz CT molecular complexity index is 2140. The fourth-order valence-corrected chi connectivity index (χ4v) is 8.61. The maximum Gasteiger partial charge on any atom is 0.0542 e. The first-order chi connectivity index (χ1) is 19.8. The molecular weight excluding hydrogens is 502 g/mol. The Balaban J connectivity index is 1.25. The molecule has 190 valence electrons. The Labute approximate surface area is 237 Å². The van der Waals surface area contributed by atoms with E-state index in [1.54, 1.807) is 0 Å². The molecule has 0 bridgehead atoms. The molecule has 7 aromatic rings. The van der Waals surface area contributed by atoms with E-state index in [1.807, 2.05) is 11.3 Å².